The molecule has 10 heteroatoms. The van der Waals surface area contributed by atoms with E-state index in [1.54, 1.807) is 45.4 Å². The maximum Gasteiger partial charge on any atom is 0.325 e. The van der Waals surface area contributed by atoms with Crippen LogP contribution in [0.15, 0.2) is 48.5 Å². The maximum absolute atomic E-state index is 13.1. The van der Waals surface area contributed by atoms with Crippen molar-refractivity contribution in [1.29, 1.82) is 0 Å². The van der Waals surface area contributed by atoms with Crippen LogP contribution in [0.25, 0.3) is 11.3 Å². The third kappa shape index (κ3) is 4.32. The Labute approximate surface area is 200 Å². The monoisotopic (exact) mass is 480 g/mol. The number of carbonyl (C=O) groups is 3. The lowest BCUT2D eigenvalue weighted by atomic mass is 9.92. The van der Waals surface area contributed by atoms with Crippen molar-refractivity contribution in [3.8, 4) is 22.8 Å². The fourth-order valence-corrected chi connectivity index (χ4v) is 4.58. The molecule has 34 heavy (non-hydrogen) atoms. The van der Waals surface area contributed by atoms with E-state index in [-0.39, 0.29) is 0 Å². The summed E-state index contributed by atoms with van der Waals surface area (Å²) in [5, 5.41) is 5.78. The number of hydrogen-bond acceptors (Lipinski definition) is 7. The van der Waals surface area contributed by atoms with Crippen LogP contribution >= 0.6 is 11.3 Å². The summed E-state index contributed by atoms with van der Waals surface area (Å²) in [5.74, 6) is 0.345. The van der Waals surface area contributed by atoms with E-state index >= 15 is 0 Å². The van der Waals surface area contributed by atoms with Crippen LogP contribution in [0.5, 0.6) is 11.5 Å². The van der Waals surface area contributed by atoms with Crippen LogP contribution in [0.1, 0.15) is 17.4 Å². The molecular weight excluding hydrogens is 456 g/mol. The first kappa shape index (κ1) is 23.2. The number of imide groups is 1. The van der Waals surface area contributed by atoms with Crippen LogP contribution < -0.4 is 20.1 Å². The molecule has 4 amide bonds. The first-order chi connectivity index (χ1) is 16.2. The number of hydrogen-bond donors (Lipinski definition) is 2. The Hall–Kier alpha value is -3.92. The lowest BCUT2D eigenvalue weighted by molar-refractivity contribution is -0.133. The smallest absolute Gasteiger partial charge is 0.325 e. The number of benzene rings is 2. The molecule has 1 atom stereocenters. The van der Waals surface area contributed by atoms with Crippen LogP contribution in [0.4, 0.5) is 9.93 Å². The summed E-state index contributed by atoms with van der Waals surface area (Å²) in [6.45, 7) is 3.09. The largest absolute Gasteiger partial charge is 0.497 e. The molecule has 0 aliphatic carbocycles. The van der Waals surface area contributed by atoms with Crippen LogP contribution in [0, 0.1) is 6.92 Å². The van der Waals surface area contributed by atoms with E-state index in [1.165, 1.54) is 11.3 Å². The molecule has 0 saturated carbocycles. The van der Waals surface area contributed by atoms with Gasteiger partial charge in [0.15, 0.2) is 5.13 Å². The zero-order chi connectivity index (χ0) is 24.5. The van der Waals surface area contributed by atoms with Gasteiger partial charge in [-0.25, -0.2) is 9.78 Å². The molecule has 2 N–H and O–H groups in total. The lowest BCUT2D eigenvalue weighted by Gasteiger charge is -2.22. The van der Waals surface area contributed by atoms with Crippen molar-refractivity contribution in [2.45, 2.75) is 19.4 Å². The van der Waals surface area contributed by atoms with Gasteiger partial charge in [-0.05, 0) is 55.8 Å². The number of thiazole rings is 1. The molecule has 1 fully saturated rings. The number of rotatable bonds is 7. The Kier molecular flexibility index (Phi) is 6.25. The highest BCUT2D eigenvalue weighted by atomic mass is 32.1. The predicted molar refractivity (Wildman–Crippen MR) is 128 cm³/mol. The number of ether oxygens (including phenoxy) is 2. The Morgan fingerprint density at radius 2 is 1.65 bits per heavy atom. The topological polar surface area (TPSA) is 110 Å². The molecular formula is C24H24N4O5S. The van der Waals surface area contributed by atoms with Gasteiger partial charge in [0.2, 0.25) is 5.91 Å². The van der Waals surface area contributed by atoms with Gasteiger partial charge in [0, 0.05) is 10.4 Å². The minimum Gasteiger partial charge on any atom is -0.497 e. The molecule has 1 aromatic heterocycles. The summed E-state index contributed by atoms with van der Waals surface area (Å²) in [6.07, 6.45) is 0. The van der Waals surface area contributed by atoms with Crippen LogP contribution in [-0.4, -0.2) is 48.5 Å². The summed E-state index contributed by atoms with van der Waals surface area (Å²) in [6, 6.07) is 13.7. The number of urea groups is 1. The van der Waals surface area contributed by atoms with Gasteiger partial charge in [0.1, 0.15) is 23.6 Å². The van der Waals surface area contributed by atoms with Gasteiger partial charge in [-0.3, -0.25) is 14.5 Å². The highest BCUT2D eigenvalue weighted by Gasteiger charge is 2.49. The first-order valence-electron chi connectivity index (χ1n) is 10.5. The molecule has 1 saturated heterocycles. The second kappa shape index (κ2) is 9.14. The van der Waals surface area contributed by atoms with Gasteiger partial charge in [0.05, 0.1) is 19.9 Å². The van der Waals surface area contributed by atoms with Crippen molar-refractivity contribution in [2.24, 2.45) is 0 Å². The summed E-state index contributed by atoms with van der Waals surface area (Å²) in [4.78, 5) is 44.6. The van der Waals surface area contributed by atoms with Crippen LogP contribution in [-0.2, 0) is 15.1 Å². The van der Waals surface area contributed by atoms with Gasteiger partial charge >= 0.3 is 6.03 Å². The average Bonchev–Trinajstić information content (AvgIpc) is 3.30. The maximum atomic E-state index is 13.1. The number of carbonyl (C=O) groups excluding carboxylic acids is 3. The number of aromatic nitrogens is 1. The normalized spacial score (nSPS) is 17.5. The van der Waals surface area contributed by atoms with E-state index in [0.717, 1.165) is 26.8 Å². The zero-order valence-electron chi connectivity index (χ0n) is 19.2. The van der Waals surface area contributed by atoms with Gasteiger partial charge in [0.25, 0.3) is 5.91 Å². The minimum absolute atomic E-state index is 0.387. The molecule has 0 spiro atoms. The van der Waals surface area contributed by atoms with Crippen molar-refractivity contribution in [1.82, 2.24) is 15.2 Å². The molecule has 9 nitrogen and oxygen atoms in total. The SMILES string of the molecule is COc1ccc(-c2nc(NC(=O)CN3C(=O)N[C@](C)(c4ccc(OC)cc4)C3=O)sc2C)cc1. The summed E-state index contributed by atoms with van der Waals surface area (Å²) < 4.78 is 10.3. The fraction of sp³-hybridized carbons (Fsp3) is 0.250. The van der Waals surface area contributed by atoms with E-state index in [9.17, 15) is 14.4 Å². The Balaban J connectivity index is 1.45. The summed E-state index contributed by atoms with van der Waals surface area (Å²) in [7, 11) is 3.14. The van der Waals surface area contributed by atoms with E-state index in [2.05, 4.69) is 15.6 Å². The molecule has 176 valence electrons. The fourth-order valence-electron chi connectivity index (χ4n) is 3.73. The van der Waals surface area contributed by atoms with Crippen molar-refractivity contribution in [3.63, 3.8) is 0 Å². The number of nitrogens with one attached hydrogen (secondary N) is 2. The molecule has 2 aromatic carbocycles. The van der Waals surface area contributed by atoms with Gasteiger partial charge in [-0.1, -0.05) is 12.1 Å². The van der Waals surface area contributed by atoms with Crippen LogP contribution in [0.2, 0.25) is 0 Å². The highest BCUT2D eigenvalue weighted by molar-refractivity contribution is 7.16. The molecule has 4 rings (SSSR count). The van der Waals surface area contributed by atoms with Gasteiger partial charge in [-0.2, -0.15) is 0 Å². The standard InChI is InChI=1S/C24H24N4O5S/c1-14-20(15-5-9-17(32-3)10-6-15)26-22(34-14)25-19(29)13-28-21(30)24(2,27-23(28)31)16-7-11-18(33-4)12-8-16/h5-12H,13H2,1-4H3,(H,27,31)(H,25,26,29)/t24-/m1/s1. The Morgan fingerprint density at radius 1 is 1.06 bits per heavy atom. The number of methoxy groups -OCH3 is 2. The van der Waals surface area contributed by atoms with Crippen molar-refractivity contribution in [2.75, 3.05) is 26.1 Å². The summed E-state index contributed by atoms with van der Waals surface area (Å²) in [5.41, 5.74) is 0.946. The number of amides is 4. The highest BCUT2D eigenvalue weighted by Crippen LogP contribution is 2.32. The lowest BCUT2D eigenvalue weighted by Crippen LogP contribution is -2.42. The minimum atomic E-state index is -1.27. The third-order valence-electron chi connectivity index (χ3n) is 5.65. The van der Waals surface area contributed by atoms with Crippen molar-refractivity contribution >= 4 is 34.3 Å². The molecule has 1 aliphatic heterocycles. The molecule has 0 unspecified atom stereocenters. The van der Waals surface area contributed by atoms with E-state index in [4.69, 9.17) is 9.47 Å². The van der Waals surface area contributed by atoms with E-state index in [0.29, 0.717) is 16.4 Å². The number of aryl methyl sites for hydroxylation is 1. The van der Waals surface area contributed by atoms with Crippen LogP contribution in [0.3, 0.4) is 0 Å². The average molecular weight is 481 g/mol. The third-order valence-corrected chi connectivity index (χ3v) is 6.54. The second-order valence-corrected chi connectivity index (χ2v) is 9.08. The first-order valence-corrected chi connectivity index (χ1v) is 11.3. The molecule has 0 radical (unpaired) electrons. The van der Waals surface area contributed by atoms with E-state index in [1.807, 2.05) is 31.2 Å². The van der Waals surface area contributed by atoms with Crippen molar-refractivity contribution < 1.29 is 23.9 Å². The quantitative estimate of drug-likeness (QED) is 0.501. The molecule has 0 bridgehead atoms. The number of nitrogens with zero attached hydrogens (tertiary/aromatic N) is 2. The molecule has 2 heterocycles. The number of anilines is 1. The predicted octanol–water partition coefficient (Wildman–Crippen LogP) is 3.54. The van der Waals surface area contributed by atoms with E-state index < -0.39 is 29.9 Å². The molecule has 3 aromatic rings. The Morgan fingerprint density at radius 3 is 2.24 bits per heavy atom. The Bertz CT molecular complexity index is 1240. The second-order valence-electron chi connectivity index (χ2n) is 7.88. The molecule has 1 aliphatic rings. The summed E-state index contributed by atoms with van der Waals surface area (Å²) >= 11 is 1.32. The zero-order valence-corrected chi connectivity index (χ0v) is 20.0. The van der Waals surface area contributed by atoms with Gasteiger partial charge in [-0.15, -0.1) is 11.3 Å². The van der Waals surface area contributed by atoms with Gasteiger partial charge < -0.3 is 20.1 Å². The van der Waals surface area contributed by atoms with Crippen molar-refractivity contribution in [3.05, 3.63) is 59.0 Å².